The summed E-state index contributed by atoms with van der Waals surface area (Å²) in [5.41, 5.74) is 1.67. The Morgan fingerprint density at radius 3 is 2.42 bits per heavy atom. The summed E-state index contributed by atoms with van der Waals surface area (Å²) in [4.78, 5) is 16.8. The van der Waals surface area contributed by atoms with Crippen LogP contribution in [0.1, 0.15) is 56.6 Å². The first-order chi connectivity index (χ1) is 17.3. The third-order valence-corrected chi connectivity index (χ3v) is 7.93. The summed E-state index contributed by atoms with van der Waals surface area (Å²) in [7, 11) is -3.96. The van der Waals surface area contributed by atoms with Gasteiger partial charge in [0.15, 0.2) is 5.84 Å². The summed E-state index contributed by atoms with van der Waals surface area (Å²) in [5.74, 6) is -0.381. The number of nitrogens with zero attached hydrogens (tertiary/aromatic N) is 3. The predicted molar refractivity (Wildman–Crippen MR) is 144 cm³/mol. The Bertz CT molecular complexity index is 1350. The number of thioether (sulfide) groups is 1. The standard InChI is InChI=1S/C26H28N4O4S2/c1-3-4-5-6-7-8-23-29-30-24(27)22(25(31)28-26(30)35-23)17-19-11-13-20(14-12-19)34-36(32,33)21-15-9-18(2)10-16-21/h9-17,27H,3-8H2,1-2H3/b22-17-,27-24?. The normalized spacial score (nSPS) is 16.7. The molecule has 0 aromatic heterocycles. The molecule has 2 aromatic carbocycles. The van der Waals surface area contributed by atoms with Crippen LogP contribution in [0.4, 0.5) is 0 Å². The number of hydrogen-bond donors (Lipinski definition) is 1. The van der Waals surface area contributed by atoms with Gasteiger partial charge in [0.1, 0.15) is 15.7 Å². The maximum Gasteiger partial charge on any atom is 0.339 e. The van der Waals surface area contributed by atoms with Gasteiger partial charge in [0.25, 0.3) is 5.91 Å². The molecule has 2 aliphatic rings. The zero-order valence-corrected chi connectivity index (χ0v) is 21.9. The van der Waals surface area contributed by atoms with Crippen molar-refractivity contribution in [2.24, 2.45) is 10.1 Å². The van der Waals surface area contributed by atoms with Crippen LogP contribution >= 0.6 is 11.8 Å². The number of amides is 1. The zero-order valence-electron chi connectivity index (χ0n) is 20.2. The monoisotopic (exact) mass is 524 g/mol. The molecule has 0 saturated heterocycles. The van der Waals surface area contributed by atoms with E-state index in [1.54, 1.807) is 30.3 Å². The first-order valence-corrected chi connectivity index (χ1v) is 14.1. The van der Waals surface area contributed by atoms with E-state index < -0.39 is 16.0 Å². The van der Waals surface area contributed by atoms with E-state index in [0.717, 1.165) is 29.9 Å². The van der Waals surface area contributed by atoms with E-state index in [4.69, 9.17) is 9.59 Å². The lowest BCUT2D eigenvalue weighted by Crippen LogP contribution is -2.35. The number of carbonyl (C=O) groups excluding carboxylic acids is 1. The molecule has 8 nitrogen and oxygen atoms in total. The molecule has 1 amide bonds. The van der Waals surface area contributed by atoms with Crippen LogP contribution < -0.4 is 4.18 Å². The fraction of sp³-hybridized carbons (Fsp3) is 0.308. The number of carbonyl (C=O) groups is 1. The average molecular weight is 525 g/mol. The third-order valence-electron chi connectivity index (χ3n) is 5.70. The molecule has 0 bridgehead atoms. The van der Waals surface area contributed by atoms with Crippen molar-refractivity contribution >= 4 is 49.9 Å². The van der Waals surface area contributed by atoms with E-state index in [-0.39, 0.29) is 22.1 Å². The van der Waals surface area contributed by atoms with Gasteiger partial charge in [-0.25, -0.2) is 0 Å². The fourth-order valence-electron chi connectivity index (χ4n) is 3.68. The Balaban J connectivity index is 1.43. The molecule has 0 unspecified atom stereocenters. The number of fused-ring (bicyclic) bond motifs is 1. The number of amidine groups is 2. The lowest BCUT2D eigenvalue weighted by atomic mass is 10.1. The van der Waals surface area contributed by atoms with Crippen molar-refractivity contribution < 1.29 is 17.4 Å². The van der Waals surface area contributed by atoms with Crippen molar-refractivity contribution in [1.29, 1.82) is 5.41 Å². The van der Waals surface area contributed by atoms with Crippen LogP contribution in [0.15, 0.2) is 69.1 Å². The Hall–Kier alpha value is -3.24. The molecule has 0 aliphatic carbocycles. The van der Waals surface area contributed by atoms with Crippen molar-refractivity contribution in [2.75, 3.05) is 0 Å². The number of benzene rings is 2. The second kappa shape index (κ2) is 11.2. The zero-order chi connectivity index (χ0) is 25.7. The summed E-state index contributed by atoms with van der Waals surface area (Å²) >= 11 is 1.34. The quantitative estimate of drug-likeness (QED) is 0.241. The lowest BCUT2D eigenvalue weighted by Gasteiger charge is -2.20. The molecule has 188 valence electrons. The van der Waals surface area contributed by atoms with Crippen molar-refractivity contribution in [2.45, 2.75) is 57.3 Å². The minimum atomic E-state index is -3.96. The number of nitrogens with one attached hydrogen (secondary N) is 1. The summed E-state index contributed by atoms with van der Waals surface area (Å²) in [5, 5.41) is 15.7. The molecule has 0 spiro atoms. The number of aliphatic imine (C=N–C) groups is 1. The third kappa shape index (κ3) is 6.11. The van der Waals surface area contributed by atoms with Gasteiger partial charge in [-0.05, 0) is 67.4 Å². The van der Waals surface area contributed by atoms with Crippen LogP contribution in [0, 0.1) is 12.3 Å². The topological polar surface area (TPSA) is 112 Å². The van der Waals surface area contributed by atoms with E-state index >= 15 is 0 Å². The van der Waals surface area contributed by atoms with Gasteiger partial charge in [-0.15, -0.1) is 0 Å². The van der Waals surface area contributed by atoms with Crippen LogP contribution in [0.3, 0.4) is 0 Å². The minimum Gasteiger partial charge on any atom is -0.379 e. The second-order valence-corrected chi connectivity index (χ2v) is 11.2. The van der Waals surface area contributed by atoms with Gasteiger partial charge in [0.05, 0.1) is 5.57 Å². The van der Waals surface area contributed by atoms with Crippen molar-refractivity contribution in [3.8, 4) is 5.75 Å². The van der Waals surface area contributed by atoms with Crippen molar-refractivity contribution in [3.63, 3.8) is 0 Å². The Kier molecular flexibility index (Phi) is 8.05. The van der Waals surface area contributed by atoms with E-state index in [2.05, 4.69) is 17.0 Å². The molecule has 0 fully saturated rings. The second-order valence-electron chi connectivity index (χ2n) is 8.60. The molecule has 10 heteroatoms. The lowest BCUT2D eigenvalue weighted by molar-refractivity contribution is -0.114. The summed E-state index contributed by atoms with van der Waals surface area (Å²) in [6.45, 7) is 4.05. The van der Waals surface area contributed by atoms with Gasteiger partial charge >= 0.3 is 10.1 Å². The van der Waals surface area contributed by atoms with Gasteiger partial charge in [-0.3, -0.25) is 10.2 Å². The fourth-order valence-corrected chi connectivity index (χ4v) is 5.54. The van der Waals surface area contributed by atoms with Crippen molar-refractivity contribution in [3.05, 3.63) is 65.2 Å². The van der Waals surface area contributed by atoms with Gasteiger partial charge in [0, 0.05) is 0 Å². The van der Waals surface area contributed by atoms with E-state index in [1.807, 2.05) is 6.92 Å². The number of hydrazone groups is 1. The molecule has 2 aliphatic heterocycles. The maximum absolute atomic E-state index is 12.6. The van der Waals surface area contributed by atoms with E-state index in [0.29, 0.717) is 10.7 Å². The van der Waals surface area contributed by atoms with Crippen LogP contribution in [0.25, 0.3) is 6.08 Å². The number of unbranched alkanes of at least 4 members (excludes halogenated alkanes) is 4. The first-order valence-electron chi connectivity index (χ1n) is 11.9. The molecular weight excluding hydrogens is 496 g/mol. The summed E-state index contributed by atoms with van der Waals surface area (Å²) < 4.78 is 30.2. The number of hydrogen-bond acceptors (Lipinski definition) is 7. The highest BCUT2D eigenvalue weighted by Crippen LogP contribution is 2.30. The molecule has 36 heavy (non-hydrogen) atoms. The molecule has 1 N–H and O–H groups in total. The highest BCUT2D eigenvalue weighted by Gasteiger charge is 2.35. The maximum atomic E-state index is 12.6. The highest BCUT2D eigenvalue weighted by atomic mass is 32.2. The molecule has 0 saturated carbocycles. The molecular formula is C26H28N4O4S2. The summed E-state index contributed by atoms with van der Waals surface area (Å²) in [6, 6.07) is 12.6. The van der Waals surface area contributed by atoms with Crippen LogP contribution in [0.2, 0.25) is 0 Å². The summed E-state index contributed by atoms with van der Waals surface area (Å²) in [6.07, 6.45) is 8.11. The van der Waals surface area contributed by atoms with Gasteiger partial charge in [-0.1, -0.05) is 62.4 Å². The largest absolute Gasteiger partial charge is 0.379 e. The molecule has 2 aromatic rings. The Labute approximate surface area is 215 Å². The highest BCUT2D eigenvalue weighted by molar-refractivity contribution is 8.26. The average Bonchev–Trinajstić information content (AvgIpc) is 3.25. The molecule has 2 heterocycles. The molecule has 4 rings (SSSR count). The Morgan fingerprint density at radius 2 is 1.72 bits per heavy atom. The van der Waals surface area contributed by atoms with Crippen molar-refractivity contribution in [1.82, 2.24) is 5.01 Å². The van der Waals surface area contributed by atoms with Crippen LogP contribution in [-0.4, -0.2) is 35.4 Å². The van der Waals surface area contributed by atoms with Gasteiger partial charge in [0.2, 0.25) is 5.17 Å². The van der Waals surface area contributed by atoms with Gasteiger partial charge in [-0.2, -0.15) is 23.5 Å². The Morgan fingerprint density at radius 1 is 1.03 bits per heavy atom. The van der Waals surface area contributed by atoms with Crippen LogP contribution in [-0.2, 0) is 14.9 Å². The molecule has 0 atom stereocenters. The minimum absolute atomic E-state index is 0.0271. The first kappa shape index (κ1) is 25.8. The number of aryl methyl sites for hydroxylation is 1. The van der Waals surface area contributed by atoms with E-state index in [1.165, 1.54) is 60.3 Å². The van der Waals surface area contributed by atoms with Gasteiger partial charge < -0.3 is 4.18 Å². The van der Waals surface area contributed by atoms with Crippen LogP contribution in [0.5, 0.6) is 5.75 Å². The number of rotatable bonds is 10. The smallest absolute Gasteiger partial charge is 0.339 e. The molecule has 0 radical (unpaired) electrons. The van der Waals surface area contributed by atoms with E-state index in [9.17, 15) is 13.2 Å². The predicted octanol–water partition coefficient (Wildman–Crippen LogP) is 5.74. The SMILES string of the molecule is CCCCCCCC1=NN2C(=N)/C(=C/c3ccc(OS(=O)(=O)c4ccc(C)cc4)cc3)C(=O)N=C2S1.